The number of hydrogen-bond acceptors (Lipinski definition) is 1. The van der Waals surface area contributed by atoms with Gasteiger partial charge in [-0.05, 0) is 62.4 Å². The Morgan fingerprint density at radius 1 is 0.900 bits per heavy atom. The normalized spacial score (nSPS) is 26.4. The fourth-order valence-corrected chi connectivity index (χ4v) is 3.68. The van der Waals surface area contributed by atoms with Crippen molar-refractivity contribution in [3.05, 3.63) is 0 Å². The SMILES string of the molecule is C1CCCN(CC2(CC3CCC3)CC2)CC1.CC(C)C. The summed E-state index contributed by atoms with van der Waals surface area (Å²) in [6.45, 7) is 10.7. The summed E-state index contributed by atoms with van der Waals surface area (Å²) in [6, 6.07) is 0. The van der Waals surface area contributed by atoms with Crippen LogP contribution in [0.25, 0.3) is 0 Å². The highest BCUT2D eigenvalue weighted by Crippen LogP contribution is 2.54. The minimum absolute atomic E-state index is 0.801. The van der Waals surface area contributed by atoms with Gasteiger partial charge in [0.15, 0.2) is 0 Å². The average Bonchev–Trinajstić information content (AvgIpc) is 3.10. The predicted molar refractivity (Wildman–Crippen MR) is 89.0 cm³/mol. The lowest BCUT2D eigenvalue weighted by Crippen LogP contribution is -2.33. The van der Waals surface area contributed by atoms with Gasteiger partial charge in [-0.15, -0.1) is 0 Å². The topological polar surface area (TPSA) is 3.24 Å². The Balaban J connectivity index is 0.000000328. The standard InChI is InChI=1S/C15H27N.C4H10/c1-2-4-11-16(10-3-1)13-15(8-9-15)12-14-6-5-7-14;1-4(2)3/h14H,1-13H2;4H,1-3H3. The molecule has 0 aromatic carbocycles. The van der Waals surface area contributed by atoms with Gasteiger partial charge in [0.05, 0.1) is 0 Å². The second-order valence-corrected chi connectivity index (χ2v) is 8.42. The summed E-state index contributed by atoms with van der Waals surface area (Å²) in [5, 5.41) is 0. The molecular weight excluding hydrogens is 242 g/mol. The van der Waals surface area contributed by atoms with E-state index in [-0.39, 0.29) is 0 Å². The van der Waals surface area contributed by atoms with Gasteiger partial charge in [-0.1, -0.05) is 52.9 Å². The van der Waals surface area contributed by atoms with Crippen LogP contribution in [0.4, 0.5) is 0 Å². The number of hydrogen-bond donors (Lipinski definition) is 0. The Bertz CT molecular complexity index is 252. The third kappa shape index (κ3) is 5.76. The van der Waals surface area contributed by atoms with Gasteiger partial charge < -0.3 is 4.90 Å². The van der Waals surface area contributed by atoms with Gasteiger partial charge in [-0.2, -0.15) is 0 Å². The molecule has 1 heterocycles. The van der Waals surface area contributed by atoms with Crippen LogP contribution in [-0.2, 0) is 0 Å². The van der Waals surface area contributed by atoms with E-state index in [1.165, 1.54) is 51.7 Å². The summed E-state index contributed by atoms with van der Waals surface area (Å²) < 4.78 is 0. The maximum atomic E-state index is 2.79. The molecule has 0 spiro atoms. The molecule has 0 N–H and O–H groups in total. The Morgan fingerprint density at radius 2 is 1.45 bits per heavy atom. The highest BCUT2D eigenvalue weighted by Gasteiger charge is 2.45. The lowest BCUT2D eigenvalue weighted by molar-refractivity contribution is 0.172. The van der Waals surface area contributed by atoms with Crippen molar-refractivity contribution in [2.75, 3.05) is 19.6 Å². The van der Waals surface area contributed by atoms with E-state index in [9.17, 15) is 0 Å². The monoisotopic (exact) mass is 279 g/mol. The quantitative estimate of drug-likeness (QED) is 0.657. The zero-order valence-corrected chi connectivity index (χ0v) is 14.3. The van der Waals surface area contributed by atoms with Crippen LogP contribution in [-0.4, -0.2) is 24.5 Å². The average molecular weight is 280 g/mol. The van der Waals surface area contributed by atoms with Gasteiger partial charge in [0.2, 0.25) is 0 Å². The fourth-order valence-electron chi connectivity index (χ4n) is 3.68. The first-order chi connectivity index (χ1) is 9.60. The maximum Gasteiger partial charge on any atom is 0.00381 e. The smallest absolute Gasteiger partial charge is 0.00381 e. The Morgan fingerprint density at radius 3 is 1.85 bits per heavy atom. The Labute approximate surface area is 127 Å². The lowest BCUT2D eigenvalue weighted by atomic mass is 9.77. The summed E-state index contributed by atoms with van der Waals surface area (Å²) in [4.78, 5) is 2.79. The molecule has 20 heavy (non-hydrogen) atoms. The van der Waals surface area contributed by atoms with Crippen LogP contribution in [0.2, 0.25) is 0 Å². The van der Waals surface area contributed by atoms with Crippen LogP contribution in [0.5, 0.6) is 0 Å². The molecule has 118 valence electrons. The van der Waals surface area contributed by atoms with Crippen molar-refractivity contribution >= 4 is 0 Å². The molecule has 0 aromatic rings. The minimum Gasteiger partial charge on any atom is -0.303 e. The van der Waals surface area contributed by atoms with Crippen LogP contribution >= 0.6 is 0 Å². The first-order valence-corrected chi connectivity index (χ1v) is 9.32. The molecular formula is C19H37N. The molecule has 3 fully saturated rings. The van der Waals surface area contributed by atoms with E-state index in [0.29, 0.717) is 0 Å². The van der Waals surface area contributed by atoms with E-state index in [1.807, 2.05) is 0 Å². The summed E-state index contributed by atoms with van der Waals surface area (Å²) in [7, 11) is 0. The van der Waals surface area contributed by atoms with Crippen LogP contribution in [0, 0.1) is 17.3 Å². The maximum absolute atomic E-state index is 2.79. The molecule has 0 radical (unpaired) electrons. The minimum atomic E-state index is 0.801. The molecule has 2 saturated carbocycles. The second kappa shape index (κ2) is 7.82. The fraction of sp³-hybridized carbons (Fsp3) is 1.00. The van der Waals surface area contributed by atoms with Crippen molar-refractivity contribution < 1.29 is 0 Å². The molecule has 0 amide bonds. The summed E-state index contributed by atoms with van der Waals surface area (Å²) >= 11 is 0. The molecule has 3 aliphatic rings. The first-order valence-electron chi connectivity index (χ1n) is 9.32. The van der Waals surface area contributed by atoms with Crippen molar-refractivity contribution in [2.24, 2.45) is 17.3 Å². The van der Waals surface area contributed by atoms with Gasteiger partial charge in [0.1, 0.15) is 0 Å². The molecule has 0 atom stereocenters. The number of nitrogens with zero attached hydrogens (tertiary/aromatic N) is 1. The van der Waals surface area contributed by atoms with Crippen LogP contribution < -0.4 is 0 Å². The third-order valence-electron chi connectivity index (χ3n) is 5.16. The Hall–Kier alpha value is -0.0400. The first kappa shape index (κ1) is 16.3. The van der Waals surface area contributed by atoms with Crippen molar-refractivity contribution in [1.82, 2.24) is 4.90 Å². The van der Waals surface area contributed by atoms with Crippen molar-refractivity contribution in [1.29, 1.82) is 0 Å². The van der Waals surface area contributed by atoms with E-state index in [1.54, 1.807) is 32.1 Å². The summed E-state index contributed by atoms with van der Waals surface area (Å²) in [5.41, 5.74) is 0.801. The summed E-state index contributed by atoms with van der Waals surface area (Å²) in [6.07, 6.45) is 15.1. The molecule has 0 unspecified atom stereocenters. The van der Waals surface area contributed by atoms with Crippen molar-refractivity contribution in [2.45, 2.75) is 85.0 Å². The van der Waals surface area contributed by atoms with E-state index in [0.717, 1.165) is 17.3 Å². The predicted octanol–water partition coefficient (Wildman–Crippen LogP) is 5.50. The molecule has 2 aliphatic carbocycles. The van der Waals surface area contributed by atoms with E-state index < -0.39 is 0 Å². The van der Waals surface area contributed by atoms with Crippen LogP contribution in [0.3, 0.4) is 0 Å². The van der Waals surface area contributed by atoms with Crippen molar-refractivity contribution in [3.63, 3.8) is 0 Å². The second-order valence-electron chi connectivity index (χ2n) is 8.42. The third-order valence-corrected chi connectivity index (χ3v) is 5.16. The molecule has 0 bridgehead atoms. The van der Waals surface area contributed by atoms with E-state index >= 15 is 0 Å². The van der Waals surface area contributed by atoms with Gasteiger partial charge in [0, 0.05) is 6.54 Å². The zero-order valence-electron chi connectivity index (χ0n) is 14.3. The molecule has 1 heteroatoms. The Kier molecular flexibility index (Phi) is 6.39. The number of rotatable bonds is 4. The van der Waals surface area contributed by atoms with Crippen LogP contribution in [0.1, 0.15) is 85.0 Å². The molecule has 0 aromatic heterocycles. The van der Waals surface area contributed by atoms with E-state index in [2.05, 4.69) is 25.7 Å². The highest BCUT2D eigenvalue weighted by atomic mass is 15.1. The summed E-state index contributed by atoms with van der Waals surface area (Å²) in [5.74, 6) is 1.95. The number of likely N-dealkylation sites (tertiary alicyclic amines) is 1. The molecule has 3 rings (SSSR count). The van der Waals surface area contributed by atoms with Gasteiger partial charge in [-0.3, -0.25) is 0 Å². The zero-order chi connectivity index (χ0) is 14.4. The largest absolute Gasteiger partial charge is 0.303 e. The van der Waals surface area contributed by atoms with Crippen molar-refractivity contribution in [3.8, 4) is 0 Å². The molecule has 1 aliphatic heterocycles. The highest BCUT2D eigenvalue weighted by molar-refractivity contribution is 4.98. The molecule has 1 saturated heterocycles. The molecule has 1 nitrogen and oxygen atoms in total. The van der Waals surface area contributed by atoms with Crippen LogP contribution in [0.15, 0.2) is 0 Å². The van der Waals surface area contributed by atoms with Gasteiger partial charge >= 0.3 is 0 Å². The van der Waals surface area contributed by atoms with E-state index in [4.69, 9.17) is 0 Å². The van der Waals surface area contributed by atoms with Gasteiger partial charge in [0.25, 0.3) is 0 Å². The lowest BCUT2D eigenvalue weighted by Gasteiger charge is -2.33. The van der Waals surface area contributed by atoms with Gasteiger partial charge in [-0.25, -0.2) is 0 Å².